The Morgan fingerprint density at radius 2 is 2.05 bits per heavy atom. The number of terminal acetylenes is 1. The molecule has 2 heteroatoms. The van der Waals surface area contributed by atoms with Crippen molar-refractivity contribution in [2.24, 2.45) is 5.41 Å². The van der Waals surface area contributed by atoms with Crippen LogP contribution < -0.4 is 0 Å². The topological polar surface area (TPSA) is 40.5 Å². The molecule has 22 heavy (non-hydrogen) atoms. The van der Waals surface area contributed by atoms with Crippen molar-refractivity contribution in [1.82, 2.24) is 0 Å². The number of benzene rings is 2. The molecular weight excluding hydrogens is 272 g/mol. The molecule has 2 aliphatic carbocycles. The van der Waals surface area contributed by atoms with Crippen LogP contribution in [0, 0.1) is 17.8 Å². The molecule has 2 aromatic carbocycles. The first kappa shape index (κ1) is 13.7. The molecule has 2 aromatic rings. The summed E-state index contributed by atoms with van der Waals surface area (Å²) in [5.41, 5.74) is 1.47. The van der Waals surface area contributed by atoms with E-state index >= 15 is 0 Å². The van der Waals surface area contributed by atoms with E-state index in [9.17, 15) is 10.2 Å². The Kier molecular flexibility index (Phi) is 2.65. The lowest BCUT2D eigenvalue weighted by molar-refractivity contribution is -0.0154. The summed E-state index contributed by atoms with van der Waals surface area (Å²) < 4.78 is 0. The Balaban J connectivity index is 1.92. The predicted octanol–water partition coefficient (Wildman–Crippen LogP) is 3.74. The SMILES string of the molecule is C#C[C@]1(O)CC[C@H]2c3ccc4cc(O)ccc4c3CC[C@@]21C. The molecule has 0 amide bonds. The number of rotatable bonds is 0. The third kappa shape index (κ3) is 1.55. The molecule has 0 radical (unpaired) electrons. The van der Waals surface area contributed by atoms with Crippen LogP contribution in [0.3, 0.4) is 0 Å². The van der Waals surface area contributed by atoms with Gasteiger partial charge in [-0.1, -0.05) is 31.0 Å². The first-order chi connectivity index (χ1) is 10.5. The van der Waals surface area contributed by atoms with Crippen molar-refractivity contribution in [2.45, 2.75) is 44.1 Å². The maximum atomic E-state index is 10.9. The molecule has 1 saturated carbocycles. The molecule has 1 fully saturated rings. The Morgan fingerprint density at radius 1 is 1.23 bits per heavy atom. The van der Waals surface area contributed by atoms with Gasteiger partial charge in [0.05, 0.1) is 0 Å². The van der Waals surface area contributed by atoms with Gasteiger partial charge >= 0.3 is 0 Å². The molecule has 2 nitrogen and oxygen atoms in total. The van der Waals surface area contributed by atoms with Crippen molar-refractivity contribution in [3.8, 4) is 18.1 Å². The van der Waals surface area contributed by atoms with Gasteiger partial charge in [0, 0.05) is 5.41 Å². The van der Waals surface area contributed by atoms with Crippen LogP contribution in [0.1, 0.15) is 43.2 Å². The van der Waals surface area contributed by atoms with Crippen LogP contribution in [0.4, 0.5) is 0 Å². The van der Waals surface area contributed by atoms with Crippen LogP contribution in [-0.2, 0) is 6.42 Å². The Hall–Kier alpha value is -1.98. The summed E-state index contributed by atoms with van der Waals surface area (Å²) in [6.07, 6.45) is 9.11. The van der Waals surface area contributed by atoms with Crippen LogP contribution in [0.5, 0.6) is 5.75 Å². The molecule has 0 spiro atoms. The smallest absolute Gasteiger partial charge is 0.131 e. The average Bonchev–Trinajstić information content (AvgIpc) is 2.79. The van der Waals surface area contributed by atoms with Crippen LogP contribution in [0.15, 0.2) is 30.3 Å². The molecule has 2 aliphatic rings. The van der Waals surface area contributed by atoms with E-state index < -0.39 is 5.60 Å². The highest BCUT2D eigenvalue weighted by atomic mass is 16.3. The molecule has 0 heterocycles. The van der Waals surface area contributed by atoms with E-state index in [1.165, 1.54) is 16.5 Å². The summed E-state index contributed by atoms with van der Waals surface area (Å²) >= 11 is 0. The first-order valence-electron chi connectivity index (χ1n) is 7.93. The number of hydrogen-bond donors (Lipinski definition) is 2. The van der Waals surface area contributed by atoms with Gasteiger partial charge in [-0.05, 0) is 65.6 Å². The monoisotopic (exact) mass is 292 g/mol. The quantitative estimate of drug-likeness (QED) is 0.726. The Labute approximate surface area is 130 Å². The van der Waals surface area contributed by atoms with Gasteiger partial charge in [0.15, 0.2) is 0 Å². The van der Waals surface area contributed by atoms with E-state index in [-0.39, 0.29) is 5.41 Å². The second kappa shape index (κ2) is 4.27. The maximum absolute atomic E-state index is 10.9. The van der Waals surface area contributed by atoms with Crippen molar-refractivity contribution in [1.29, 1.82) is 0 Å². The van der Waals surface area contributed by atoms with Gasteiger partial charge in [-0.25, -0.2) is 0 Å². The second-order valence-electron chi connectivity index (χ2n) is 7.05. The van der Waals surface area contributed by atoms with Crippen LogP contribution in [0.25, 0.3) is 10.8 Å². The zero-order valence-corrected chi connectivity index (χ0v) is 12.8. The third-order valence-electron chi connectivity index (χ3n) is 6.17. The summed E-state index contributed by atoms with van der Waals surface area (Å²) in [6.45, 7) is 2.15. The second-order valence-corrected chi connectivity index (χ2v) is 7.05. The van der Waals surface area contributed by atoms with Gasteiger partial charge in [-0.3, -0.25) is 0 Å². The first-order valence-corrected chi connectivity index (χ1v) is 7.93. The van der Waals surface area contributed by atoms with E-state index in [0.29, 0.717) is 18.1 Å². The fourth-order valence-electron chi connectivity index (χ4n) is 4.75. The van der Waals surface area contributed by atoms with E-state index in [1.807, 2.05) is 12.1 Å². The summed E-state index contributed by atoms with van der Waals surface area (Å²) in [7, 11) is 0. The van der Waals surface area contributed by atoms with E-state index in [1.54, 1.807) is 6.07 Å². The minimum absolute atomic E-state index is 0.237. The lowest BCUT2D eigenvalue weighted by Crippen LogP contribution is -2.45. The number of hydrogen-bond acceptors (Lipinski definition) is 2. The highest BCUT2D eigenvalue weighted by molar-refractivity contribution is 5.88. The Bertz CT molecular complexity index is 816. The number of fused-ring (bicyclic) bond motifs is 5. The third-order valence-corrected chi connectivity index (χ3v) is 6.17. The van der Waals surface area contributed by atoms with Gasteiger partial charge in [0.1, 0.15) is 11.4 Å². The van der Waals surface area contributed by atoms with E-state index in [0.717, 1.165) is 24.6 Å². The molecule has 112 valence electrons. The van der Waals surface area contributed by atoms with E-state index in [4.69, 9.17) is 6.42 Å². The summed E-state index contributed by atoms with van der Waals surface area (Å²) in [5, 5.41) is 22.8. The standard InChI is InChI=1S/C20H20O2/c1-3-20(22)11-9-18-17-6-4-13-12-14(21)5-7-15(13)16(17)8-10-19(18,20)2/h1,4-7,12,18,21-22H,8-11H2,2H3/t18-,19-,20-/m0/s1. The minimum atomic E-state index is -0.987. The molecule has 4 rings (SSSR count). The van der Waals surface area contributed by atoms with Gasteiger partial charge < -0.3 is 10.2 Å². The van der Waals surface area contributed by atoms with Gasteiger partial charge in [0.2, 0.25) is 0 Å². The number of phenolic OH excluding ortho intramolecular Hbond substituents is 1. The molecule has 0 aliphatic heterocycles. The molecule has 0 unspecified atom stereocenters. The summed E-state index contributed by atoms with van der Waals surface area (Å²) in [4.78, 5) is 0. The van der Waals surface area contributed by atoms with Crippen molar-refractivity contribution in [2.75, 3.05) is 0 Å². The lowest BCUT2D eigenvalue weighted by Gasteiger charge is -2.44. The average molecular weight is 292 g/mol. The number of aryl methyl sites for hydroxylation is 1. The lowest BCUT2D eigenvalue weighted by atomic mass is 9.61. The van der Waals surface area contributed by atoms with Crippen molar-refractivity contribution in [3.05, 3.63) is 41.5 Å². The minimum Gasteiger partial charge on any atom is -0.508 e. The summed E-state index contributed by atoms with van der Waals surface area (Å²) in [5.74, 6) is 3.29. The van der Waals surface area contributed by atoms with Crippen LogP contribution in [0.2, 0.25) is 0 Å². The van der Waals surface area contributed by atoms with Gasteiger partial charge in [-0.2, -0.15) is 0 Å². The molecule has 0 bridgehead atoms. The van der Waals surface area contributed by atoms with Crippen molar-refractivity contribution < 1.29 is 10.2 Å². The number of aliphatic hydroxyl groups is 1. The highest BCUT2D eigenvalue weighted by Crippen LogP contribution is 2.60. The fourth-order valence-corrected chi connectivity index (χ4v) is 4.75. The summed E-state index contributed by atoms with van der Waals surface area (Å²) in [6, 6.07) is 9.82. The zero-order chi connectivity index (χ0) is 15.5. The van der Waals surface area contributed by atoms with Gasteiger partial charge in [0.25, 0.3) is 0 Å². The molecule has 0 aromatic heterocycles. The van der Waals surface area contributed by atoms with Crippen LogP contribution >= 0.6 is 0 Å². The van der Waals surface area contributed by atoms with E-state index in [2.05, 4.69) is 25.0 Å². The van der Waals surface area contributed by atoms with Crippen LogP contribution in [-0.4, -0.2) is 15.8 Å². The molecular formula is C20H20O2. The molecule has 3 atom stereocenters. The number of aromatic hydroxyl groups is 1. The van der Waals surface area contributed by atoms with Crippen molar-refractivity contribution in [3.63, 3.8) is 0 Å². The predicted molar refractivity (Wildman–Crippen MR) is 87.8 cm³/mol. The zero-order valence-electron chi connectivity index (χ0n) is 12.8. The Morgan fingerprint density at radius 3 is 2.82 bits per heavy atom. The fraction of sp³-hybridized carbons (Fsp3) is 0.400. The van der Waals surface area contributed by atoms with Gasteiger partial charge in [-0.15, -0.1) is 6.42 Å². The number of phenols is 1. The highest BCUT2D eigenvalue weighted by Gasteiger charge is 2.57. The largest absolute Gasteiger partial charge is 0.508 e. The normalized spacial score (nSPS) is 33.2. The maximum Gasteiger partial charge on any atom is 0.131 e. The van der Waals surface area contributed by atoms with Crippen molar-refractivity contribution >= 4 is 10.8 Å². The molecule has 2 N–H and O–H groups in total. The molecule has 0 saturated heterocycles.